The third-order valence-electron chi connectivity index (χ3n) is 4.27. The van der Waals surface area contributed by atoms with Crippen molar-refractivity contribution in [3.8, 4) is 5.75 Å². The van der Waals surface area contributed by atoms with Gasteiger partial charge in [-0.15, -0.1) is 0 Å². The van der Waals surface area contributed by atoms with Crippen LogP contribution in [0.5, 0.6) is 5.75 Å². The van der Waals surface area contributed by atoms with E-state index in [0.29, 0.717) is 15.7 Å². The first-order valence-corrected chi connectivity index (χ1v) is 11.0. The zero-order valence-electron chi connectivity index (χ0n) is 16.6. The fourth-order valence-corrected chi connectivity index (χ4v) is 4.49. The lowest BCUT2D eigenvalue weighted by atomic mass is 10.1. The molecule has 0 aliphatic carbocycles. The topological polar surface area (TPSA) is 128 Å². The number of imide groups is 1. The summed E-state index contributed by atoms with van der Waals surface area (Å²) in [5, 5.41) is 15.8. The minimum absolute atomic E-state index is 0.0784. The van der Waals surface area contributed by atoms with Gasteiger partial charge in [0.1, 0.15) is 24.6 Å². The van der Waals surface area contributed by atoms with Crippen molar-refractivity contribution in [1.29, 1.82) is 0 Å². The molecule has 9 nitrogen and oxygen atoms in total. The van der Waals surface area contributed by atoms with Gasteiger partial charge < -0.3 is 25.3 Å². The summed E-state index contributed by atoms with van der Waals surface area (Å²) in [5.74, 6) is -2.48. The van der Waals surface area contributed by atoms with E-state index in [9.17, 15) is 24.3 Å². The smallest absolute Gasteiger partial charge is 0.329 e. The molecular formula is C21H16BrIN3O6-. The van der Waals surface area contributed by atoms with Crippen molar-refractivity contribution in [3.05, 3.63) is 61.3 Å². The molecule has 1 heterocycles. The molecule has 0 aromatic heterocycles. The largest absolute Gasteiger partial charge is 0.546 e. The van der Waals surface area contributed by atoms with Crippen LogP contribution in [0.2, 0.25) is 0 Å². The number of aliphatic carboxylic acids is 1. The number of hydrogen-bond acceptors (Lipinski definition) is 6. The minimum atomic E-state index is -1.41. The van der Waals surface area contributed by atoms with Crippen molar-refractivity contribution in [1.82, 2.24) is 10.2 Å². The van der Waals surface area contributed by atoms with E-state index < -0.39 is 37.0 Å². The molecule has 0 atom stereocenters. The third-order valence-corrected chi connectivity index (χ3v) is 5.48. The number of carboxylic acid groups (broad SMARTS) is 1. The van der Waals surface area contributed by atoms with Crippen LogP contribution in [0.25, 0.3) is 6.08 Å². The van der Waals surface area contributed by atoms with E-state index in [2.05, 4.69) is 26.6 Å². The number of anilines is 1. The first kappa shape index (κ1) is 23.7. The number of benzene rings is 2. The highest BCUT2D eigenvalue weighted by Crippen LogP contribution is 2.33. The maximum Gasteiger partial charge on any atom is 0.329 e. The monoisotopic (exact) mass is 612 g/mol. The number of amides is 4. The average Bonchev–Trinajstić information content (AvgIpc) is 2.96. The van der Waals surface area contributed by atoms with Crippen LogP contribution in [0.3, 0.4) is 0 Å². The fourth-order valence-electron chi connectivity index (χ4n) is 2.82. The van der Waals surface area contributed by atoms with Crippen LogP contribution < -0.4 is 20.5 Å². The van der Waals surface area contributed by atoms with Gasteiger partial charge in [0.15, 0.2) is 0 Å². The first-order chi connectivity index (χ1) is 15.1. The molecule has 0 radical (unpaired) electrons. The summed E-state index contributed by atoms with van der Waals surface area (Å²) in [4.78, 5) is 48.9. The normalized spacial score (nSPS) is 14.5. The molecule has 0 bridgehead atoms. The number of nitrogens with one attached hydrogen (secondary N) is 2. The Labute approximate surface area is 205 Å². The van der Waals surface area contributed by atoms with Gasteiger partial charge in [-0.25, -0.2) is 9.69 Å². The summed E-state index contributed by atoms with van der Waals surface area (Å²) in [6, 6.07) is 9.68. The number of halogens is 2. The lowest BCUT2D eigenvalue weighted by Crippen LogP contribution is -2.38. The van der Waals surface area contributed by atoms with Gasteiger partial charge in [-0.2, -0.15) is 0 Å². The lowest BCUT2D eigenvalue weighted by Gasteiger charge is -2.13. The number of ether oxygens (including phenoxy) is 1. The molecule has 2 aromatic rings. The second kappa shape index (κ2) is 10.1. The highest BCUT2D eigenvalue weighted by atomic mass is 127. The van der Waals surface area contributed by atoms with Crippen LogP contribution in [-0.2, 0) is 14.4 Å². The Bertz CT molecular complexity index is 1130. The van der Waals surface area contributed by atoms with Crippen molar-refractivity contribution in [3.63, 3.8) is 0 Å². The molecule has 1 saturated heterocycles. The van der Waals surface area contributed by atoms with Gasteiger partial charge in [0, 0.05) is 14.8 Å². The first-order valence-electron chi connectivity index (χ1n) is 9.17. The van der Waals surface area contributed by atoms with Crippen molar-refractivity contribution < 1.29 is 29.0 Å². The van der Waals surface area contributed by atoms with Crippen molar-refractivity contribution >= 4 is 74.1 Å². The number of nitrogens with zero attached hydrogens (tertiary/aromatic N) is 1. The Balaban J connectivity index is 1.78. The average molecular weight is 613 g/mol. The molecule has 0 unspecified atom stereocenters. The Morgan fingerprint density at radius 3 is 2.59 bits per heavy atom. The van der Waals surface area contributed by atoms with Crippen LogP contribution in [0, 0.1) is 10.5 Å². The Morgan fingerprint density at radius 1 is 1.25 bits per heavy atom. The number of rotatable bonds is 7. The number of carbonyl (C=O) groups is 4. The van der Waals surface area contributed by atoms with E-state index >= 15 is 0 Å². The number of carboxylic acids is 1. The molecule has 2 N–H and O–H groups in total. The maximum absolute atomic E-state index is 12.7. The molecule has 3 rings (SSSR count). The van der Waals surface area contributed by atoms with Crippen LogP contribution in [0.4, 0.5) is 10.5 Å². The summed E-state index contributed by atoms with van der Waals surface area (Å²) in [5.41, 5.74) is 1.85. The summed E-state index contributed by atoms with van der Waals surface area (Å²) in [7, 11) is 0. The van der Waals surface area contributed by atoms with Gasteiger partial charge >= 0.3 is 6.03 Å². The van der Waals surface area contributed by atoms with Crippen LogP contribution >= 0.6 is 38.5 Å². The molecule has 4 amide bonds. The fraction of sp³-hybridized carbons (Fsp3) is 0.143. The number of urea groups is 1. The van der Waals surface area contributed by atoms with E-state index in [-0.39, 0.29) is 11.4 Å². The quantitative estimate of drug-likeness (QED) is 0.280. The number of carbonyl (C=O) groups excluding carboxylic acids is 4. The number of hydrogen-bond donors (Lipinski definition) is 2. The summed E-state index contributed by atoms with van der Waals surface area (Å²) in [6.07, 6.45) is 1.36. The molecule has 0 saturated carbocycles. The standard InChI is InChI=1S/C21H17BrIN3O6/c1-11-2-4-14(5-3-11)24-17(27)9-26-20(30)16(25-21(26)31)7-12-6-13(23)8-15(22)19(12)32-10-18(28)29/h2-8H,9-10H2,1H3,(H,24,27)(H,25,31)(H,28,29)/p-1/b16-7+. The van der Waals surface area contributed by atoms with E-state index in [1.165, 1.54) is 6.08 Å². The second-order valence-corrected chi connectivity index (χ2v) is 8.86. The van der Waals surface area contributed by atoms with Gasteiger partial charge in [-0.3, -0.25) is 9.59 Å². The molecule has 11 heteroatoms. The van der Waals surface area contributed by atoms with Crippen LogP contribution in [0.15, 0.2) is 46.6 Å². The van der Waals surface area contributed by atoms with E-state index in [1.54, 1.807) is 24.3 Å². The minimum Gasteiger partial charge on any atom is -0.546 e. The molecule has 1 aliphatic heterocycles. The molecular weight excluding hydrogens is 597 g/mol. The molecule has 1 aliphatic rings. The second-order valence-electron chi connectivity index (χ2n) is 6.76. The SMILES string of the molecule is Cc1ccc(NC(=O)CN2C(=O)N/C(=C/c3cc(I)cc(Br)c3OCC(=O)[O-])C2=O)cc1. The molecule has 166 valence electrons. The molecule has 1 fully saturated rings. The Kier molecular flexibility index (Phi) is 7.51. The van der Waals surface area contributed by atoms with Gasteiger partial charge in [0.05, 0.1) is 10.4 Å². The summed E-state index contributed by atoms with van der Waals surface area (Å²) >= 11 is 5.34. The summed E-state index contributed by atoms with van der Waals surface area (Å²) < 4.78 is 6.50. The Morgan fingerprint density at radius 2 is 1.94 bits per heavy atom. The molecule has 0 spiro atoms. The van der Waals surface area contributed by atoms with Gasteiger partial charge in [0.25, 0.3) is 5.91 Å². The van der Waals surface area contributed by atoms with Gasteiger partial charge in [-0.1, -0.05) is 17.7 Å². The molecule has 32 heavy (non-hydrogen) atoms. The highest BCUT2D eigenvalue weighted by Gasteiger charge is 2.35. The maximum atomic E-state index is 12.7. The van der Waals surface area contributed by atoms with E-state index in [1.807, 2.05) is 41.6 Å². The summed E-state index contributed by atoms with van der Waals surface area (Å²) in [6.45, 7) is 0.745. The van der Waals surface area contributed by atoms with Gasteiger partial charge in [0.2, 0.25) is 5.91 Å². The van der Waals surface area contributed by atoms with Gasteiger partial charge in [-0.05, 0) is 75.8 Å². The Hall–Kier alpha value is -2.93. The lowest BCUT2D eigenvalue weighted by molar-refractivity contribution is -0.307. The van der Waals surface area contributed by atoms with E-state index in [0.717, 1.165) is 14.0 Å². The van der Waals surface area contributed by atoms with E-state index in [4.69, 9.17) is 4.74 Å². The van der Waals surface area contributed by atoms with Crippen molar-refractivity contribution in [2.24, 2.45) is 0 Å². The predicted molar refractivity (Wildman–Crippen MR) is 125 cm³/mol. The predicted octanol–water partition coefficient (Wildman–Crippen LogP) is 2.02. The van der Waals surface area contributed by atoms with Crippen molar-refractivity contribution in [2.45, 2.75) is 6.92 Å². The van der Waals surface area contributed by atoms with Crippen LogP contribution in [0.1, 0.15) is 11.1 Å². The van der Waals surface area contributed by atoms with Crippen molar-refractivity contribution in [2.75, 3.05) is 18.5 Å². The highest BCUT2D eigenvalue weighted by molar-refractivity contribution is 14.1. The third kappa shape index (κ3) is 5.85. The number of aryl methyl sites for hydroxylation is 1. The van der Waals surface area contributed by atoms with Crippen LogP contribution in [-0.4, -0.2) is 41.9 Å². The molecule has 2 aromatic carbocycles. The zero-order valence-corrected chi connectivity index (χ0v) is 20.4. The zero-order chi connectivity index (χ0) is 23.4.